The number of thioether (sulfide) groups is 1. The van der Waals surface area contributed by atoms with Gasteiger partial charge in [-0.15, -0.1) is 11.8 Å². The maximum Gasteiger partial charge on any atom is 0.346 e. The molecule has 2 N–H and O–H groups in total. The summed E-state index contributed by atoms with van der Waals surface area (Å²) >= 11 is 0.917. The van der Waals surface area contributed by atoms with E-state index in [1.165, 1.54) is 6.92 Å². The van der Waals surface area contributed by atoms with E-state index in [4.69, 9.17) is 5.11 Å². The van der Waals surface area contributed by atoms with Crippen LogP contribution in [0.5, 0.6) is 0 Å². The third-order valence-electron chi connectivity index (χ3n) is 1.62. The van der Waals surface area contributed by atoms with Crippen molar-refractivity contribution in [2.24, 2.45) is 0 Å². The molecular weight excluding hydrogens is 223 g/mol. The summed E-state index contributed by atoms with van der Waals surface area (Å²) in [7, 11) is 0. The summed E-state index contributed by atoms with van der Waals surface area (Å²) in [6.45, 7) is 0.864. The van der Waals surface area contributed by atoms with Crippen molar-refractivity contribution in [3.8, 4) is 0 Å². The Balaban J connectivity index is 3.21. The zero-order valence-electron chi connectivity index (χ0n) is 7.91. The van der Waals surface area contributed by atoms with Crippen LogP contribution in [-0.4, -0.2) is 33.5 Å². The molecule has 0 atom stereocenters. The number of alkyl halides is 1. The van der Waals surface area contributed by atoms with Gasteiger partial charge >= 0.3 is 11.7 Å². The number of nitrogens with one attached hydrogen (secondary N) is 1. The van der Waals surface area contributed by atoms with E-state index in [-0.39, 0.29) is 22.0 Å². The van der Waals surface area contributed by atoms with Crippen LogP contribution in [0.25, 0.3) is 0 Å². The Morgan fingerprint density at radius 2 is 2.33 bits per heavy atom. The van der Waals surface area contributed by atoms with E-state index >= 15 is 0 Å². The first-order valence-corrected chi connectivity index (χ1v) is 5.07. The van der Waals surface area contributed by atoms with Gasteiger partial charge in [0, 0.05) is 11.4 Å². The van der Waals surface area contributed by atoms with Crippen LogP contribution in [0.3, 0.4) is 0 Å². The first kappa shape index (κ1) is 11.7. The molecule has 7 heteroatoms. The van der Waals surface area contributed by atoms with Crippen molar-refractivity contribution in [2.75, 3.05) is 12.4 Å². The van der Waals surface area contributed by atoms with E-state index in [1.807, 2.05) is 0 Å². The number of aromatic amines is 1. The molecule has 0 amide bonds. The van der Waals surface area contributed by atoms with Gasteiger partial charge in [0.2, 0.25) is 0 Å². The average Bonchev–Trinajstić information content (AvgIpc) is 2.12. The predicted molar refractivity (Wildman–Crippen MR) is 53.3 cm³/mol. The molecule has 0 saturated carbocycles. The number of rotatable bonds is 4. The lowest BCUT2D eigenvalue weighted by molar-refractivity contribution is 0.0690. The maximum atomic E-state index is 11.9. The number of aryl methyl sites for hydroxylation is 1. The Morgan fingerprint density at radius 3 is 2.87 bits per heavy atom. The van der Waals surface area contributed by atoms with Crippen LogP contribution in [0.15, 0.2) is 9.82 Å². The summed E-state index contributed by atoms with van der Waals surface area (Å²) in [5.74, 6) is -1.10. The third-order valence-corrected chi connectivity index (χ3v) is 2.54. The van der Waals surface area contributed by atoms with Crippen LogP contribution in [0, 0.1) is 6.92 Å². The summed E-state index contributed by atoms with van der Waals surface area (Å²) in [6, 6.07) is 0. The SMILES string of the molecule is Cc1[nH]c(=O)nc(SCCF)c1C(=O)O. The second-order valence-electron chi connectivity index (χ2n) is 2.69. The Hall–Kier alpha value is -1.37. The quantitative estimate of drug-likeness (QED) is 0.593. The minimum Gasteiger partial charge on any atom is -0.478 e. The fourth-order valence-electron chi connectivity index (χ4n) is 1.05. The summed E-state index contributed by atoms with van der Waals surface area (Å²) < 4.78 is 11.9. The van der Waals surface area contributed by atoms with Crippen molar-refractivity contribution in [3.63, 3.8) is 0 Å². The fraction of sp³-hybridized carbons (Fsp3) is 0.375. The maximum absolute atomic E-state index is 11.9. The van der Waals surface area contributed by atoms with Gasteiger partial charge in [0.15, 0.2) is 0 Å². The highest BCUT2D eigenvalue weighted by Gasteiger charge is 2.16. The number of hydrogen-bond acceptors (Lipinski definition) is 4. The molecule has 0 saturated heterocycles. The number of halogens is 1. The topological polar surface area (TPSA) is 83.0 Å². The number of carbonyl (C=O) groups is 1. The van der Waals surface area contributed by atoms with Gasteiger partial charge < -0.3 is 10.1 Å². The van der Waals surface area contributed by atoms with Gasteiger partial charge in [-0.2, -0.15) is 4.98 Å². The smallest absolute Gasteiger partial charge is 0.346 e. The highest BCUT2D eigenvalue weighted by molar-refractivity contribution is 7.99. The zero-order chi connectivity index (χ0) is 11.4. The molecule has 1 aromatic heterocycles. The van der Waals surface area contributed by atoms with Crippen molar-refractivity contribution < 1.29 is 14.3 Å². The second-order valence-corrected chi connectivity index (χ2v) is 3.77. The van der Waals surface area contributed by atoms with E-state index in [0.717, 1.165) is 11.8 Å². The lowest BCUT2D eigenvalue weighted by atomic mass is 10.2. The lowest BCUT2D eigenvalue weighted by Crippen LogP contribution is -2.18. The average molecular weight is 232 g/mol. The molecule has 1 rings (SSSR count). The summed E-state index contributed by atoms with van der Waals surface area (Å²) in [6.07, 6.45) is 0. The number of aromatic nitrogens is 2. The minimum absolute atomic E-state index is 0.0569. The van der Waals surface area contributed by atoms with Crippen molar-refractivity contribution in [2.45, 2.75) is 11.9 Å². The molecule has 0 aliphatic carbocycles. The Bertz CT molecular complexity index is 432. The van der Waals surface area contributed by atoms with Gasteiger partial charge in [-0.25, -0.2) is 9.59 Å². The highest BCUT2D eigenvalue weighted by atomic mass is 32.2. The molecule has 82 valence electrons. The van der Waals surface area contributed by atoms with Crippen LogP contribution < -0.4 is 5.69 Å². The molecule has 0 unspecified atom stereocenters. The molecule has 15 heavy (non-hydrogen) atoms. The Labute approximate surface area is 88.7 Å². The third kappa shape index (κ3) is 2.79. The molecule has 0 fully saturated rings. The molecule has 5 nitrogen and oxygen atoms in total. The molecule has 0 aliphatic rings. The monoisotopic (exact) mass is 232 g/mol. The van der Waals surface area contributed by atoms with Crippen molar-refractivity contribution in [1.29, 1.82) is 0 Å². The molecule has 0 aliphatic heterocycles. The molecule has 0 spiro atoms. The second kappa shape index (κ2) is 4.92. The largest absolute Gasteiger partial charge is 0.478 e. The van der Waals surface area contributed by atoms with Crippen LogP contribution in [0.2, 0.25) is 0 Å². The number of hydrogen-bond donors (Lipinski definition) is 2. The summed E-state index contributed by atoms with van der Waals surface area (Å²) in [5, 5.41) is 8.92. The normalized spacial score (nSPS) is 10.3. The van der Waals surface area contributed by atoms with Gasteiger partial charge in [-0.1, -0.05) is 0 Å². The molecule has 0 bridgehead atoms. The molecule has 1 aromatic rings. The first-order valence-electron chi connectivity index (χ1n) is 4.09. The lowest BCUT2D eigenvalue weighted by Gasteiger charge is -2.05. The van der Waals surface area contributed by atoms with Gasteiger partial charge in [0.1, 0.15) is 10.6 Å². The van der Waals surface area contributed by atoms with Gasteiger partial charge in [-0.05, 0) is 6.92 Å². The predicted octanol–water partition coefficient (Wildman–Crippen LogP) is 0.838. The molecule has 1 heterocycles. The van der Waals surface area contributed by atoms with Gasteiger partial charge in [-0.3, -0.25) is 4.39 Å². The molecular formula is C8H9FN2O3S. The van der Waals surface area contributed by atoms with E-state index in [1.54, 1.807) is 0 Å². The van der Waals surface area contributed by atoms with Crippen molar-refractivity contribution in [1.82, 2.24) is 9.97 Å². The van der Waals surface area contributed by atoms with E-state index in [9.17, 15) is 14.0 Å². The van der Waals surface area contributed by atoms with Gasteiger partial charge in [0.25, 0.3) is 0 Å². The molecule has 0 radical (unpaired) electrons. The molecule has 0 aromatic carbocycles. The van der Waals surface area contributed by atoms with Crippen LogP contribution in [0.1, 0.15) is 16.1 Å². The zero-order valence-corrected chi connectivity index (χ0v) is 8.73. The summed E-state index contributed by atoms with van der Waals surface area (Å²) in [4.78, 5) is 27.6. The highest BCUT2D eigenvalue weighted by Crippen LogP contribution is 2.20. The van der Waals surface area contributed by atoms with Crippen molar-refractivity contribution in [3.05, 3.63) is 21.7 Å². The number of H-pyrrole nitrogens is 1. The van der Waals surface area contributed by atoms with E-state index in [2.05, 4.69) is 9.97 Å². The van der Waals surface area contributed by atoms with Crippen molar-refractivity contribution >= 4 is 17.7 Å². The van der Waals surface area contributed by atoms with Crippen LogP contribution in [-0.2, 0) is 0 Å². The van der Waals surface area contributed by atoms with Gasteiger partial charge in [0.05, 0.1) is 6.67 Å². The Kier molecular flexibility index (Phi) is 3.84. The number of carboxylic acids is 1. The minimum atomic E-state index is -1.18. The van der Waals surface area contributed by atoms with E-state index < -0.39 is 18.3 Å². The Morgan fingerprint density at radius 1 is 1.67 bits per heavy atom. The van der Waals surface area contributed by atoms with Crippen LogP contribution in [0.4, 0.5) is 4.39 Å². The standard InChI is InChI=1S/C8H9FN2O3S/c1-4-5(7(12)13)6(15-3-2-9)11-8(14)10-4/h2-3H2,1H3,(H,12,13)(H,10,11,14). The van der Waals surface area contributed by atoms with E-state index in [0.29, 0.717) is 0 Å². The summed E-state index contributed by atoms with van der Waals surface area (Å²) in [5.41, 5.74) is -0.476. The number of nitrogens with zero attached hydrogens (tertiary/aromatic N) is 1. The fourth-order valence-corrected chi connectivity index (χ4v) is 1.85. The number of aromatic carboxylic acids is 1. The number of carboxylic acid groups (broad SMARTS) is 1. The first-order chi connectivity index (χ1) is 7.06. The van der Waals surface area contributed by atoms with Crippen LogP contribution >= 0.6 is 11.8 Å².